The van der Waals surface area contributed by atoms with Gasteiger partial charge in [0, 0.05) is 42.9 Å². The molecule has 0 aliphatic heterocycles. The maximum Gasteiger partial charge on any atom is 0.225 e. The number of nitrogens with two attached hydrogens (primary N) is 1. The van der Waals surface area contributed by atoms with Crippen LogP contribution < -0.4 is 22.7 Å². The summed E-state index contributed by atoms with van der Waals surface area (Å²) in [5.41, 5.74) is 10.0. The van der Waals surface area contributed by atoms with Crippen molar-refractivity contribution in [1.29, 1.82) is 0 Å². The molecule has 5 nitrogen and oxygen atoms in total. The van der Waals surface area contributed by atoms with Gasteiger partial charge >= 0.3 is 0 Å². The summed E-state index contributed by atoms with van der Waals surface area (Å²) in [6, 6.07) is 0. The second-order valence-electron chi connectivity index (χ2n) is 4.16. The molecule has 0 aliphatic rings. The first-order valence-electron chi connectivity index (χ1n) is 5.77. The number of halogens is 1. The molecule has 0 unspecified atom stereocenters. The third-order valence-electron chi connectivity index (χ3n) is 2.85. The van der Waals surface area contributed by atoms with E-state index < -0.39 is 0 Å². The van der Waals surface area contributed by atoms with Crippen LogP contribution in [0.3, 0.4) is 0 Å². The normalized spacial score (nSPS) is 9.75. The average Bonchev–Trinajstić information content (AvgIpc) is 2.66. The first-order valence-corrected chi connectivity index (χ1v) is 6.65. The Kier molecular flexibility index (Phi) is 8.22. The van der Waals surface area contributed by atoms with E-state index in [1.54, 1.807) is 17.5 Å². The SMILES string of the molecule is Cc1ncc(C[n+]2csc(CCO)c2C)c(N)n1.[Cl-].[Co]. The number of hydrogen-bond acceptors (Lipinski definition) is 5. The van der Waals surface area contributed by atoms with Crippen molar-refractivity contribution in [2.24, 2.45) is 0 Å². The van der Waals surface area contributed by atoms with Crippen LogP contribution in [0.15, 0.2) is 11.7 Å². The van der Waals surface area contributed by atoms with E-state index in [2.05, 4.69) is 14.5 Å². The number of aryl methyl sites for hydroxylation is 1. The predicted octanol–water partition coefficient (Wildman–Crippen LogP) is -2.39. The van der Waals surface area contributed by atoms with Gasteiger partial charge in [-0.15, -0.1) is 0 Å². The van der Waals surface area contributed by atoms with Gasteiger partial charge < -0.3 is 23.2 Å². The molecule has 0 aliphatic carbocycles. The van der Waals surface area contributed by atoms with Crippen molar-refractivity contribution < 1.29 is 38.9 Å². The Morgan fingerprint density at radius 3 is 2.70 bits per heavy atom. The molecule has 3 N–H and O–H groups in total. The maximum atomic E-state index is 8.98. The minimum atomic E-state index is 0. The minimum Gasteiger partial charge on any atom is -1.00 e. The zero-order chi connectivity index (χ0) is 13.1. The van der Waals surface area contributed by atoms with Crippen molar-refractivity contribution in [2.75, 3.05) is 12.3 Å². The number of aliphatic hydroxyl groups is 1. The van der Waals surface area contributed by atoms with Gasteiger partial charge in [0.2, 0.25) is 5.51 Å². The molecule has 0 aromatic carbocycles. The third kappa shape index (κ3) is 4.39. The van der Waals surface area contributed by atoms with E-state index in [9.17, 15) is 0 Å². The van der Waals surface area contributed by atoms with Crippen molar-refractivity contribution in [2.45, 2.75) is 26.8 Å². The molecule has 2 rings (SSSR count). The van der Waals surface area contributed by atoms with Crippen LogP contribution in [-0.2, 0) is 29.7 Å². The second kappa shape index (κ2) is 8.53. The number of rotatable bonds is 4. The van der Waals surface area contributed by atoms with E-state index in [0.717, 1.165) is 11.3 Å². The van der Waals surface area contributed by atoms with Gasteiger partial charge in [-0.1, -0.05) is 11.3 Å². The Bertz CT molecular complexity index is 564. The van der Waals surface area contributed by atoms with Gasteiger partial charge in [0.1, 0.15) is 11.6 Å². The molecule has 113 valence electrons. The van der Waals surface area contributed by atoms with Gasteiger partial charge in [-0.25, -0.2) is 9.97 Å². The number of anilines is 1. The van der Waals surface area contributed by atoms with Gasteiger partial charge in [0.25, 0.3) is 0 Å². The van der Waals surface area contributed by atoms with E-state index in [4.69, 9.17) is 10.8 Å². The minimum absolute atomic E-state index is 0. The summed E-state index contributed by atoms with van der Waals surface area (Å²) in [7, 11) is 0. The van der Waals surface area contributed by atoms with Crippen molar-refractivity contribution in [3.05, 3.63) is 33.7 Å². The van der Waals surface area contributed by atoms with E-state index in [-0.39, 0.29) is 35.8 Å². The molecule has 0 atom stereocenters. The van der Waals surface area contributed by atoms with Crippen molar-refractivity contribution in [1.82, 2.24) is 9.97 Å². The van der Waals surface area contributed by atoms with Crippen molar-refractivity contribution in [3.63, 3.8) is 0 Å². The zero-order valence-electron chi connectivity index (χ0n) is 11.3. The molecule has 0 amide bonds. The molecule has 2 heterocycles. The van der Waals surface area contributed by atoms with Crippen LogP contribution >= 0.6 is 11.3 Å². The van der Waals surface area contributed by atoms with Crippen LogP contribution in [-0.4, -0.2) is 21.7 Å². The number of thiazole rings is 1. The van der Waals surface area contributed by atoms with Crippen LogP contribution in [0.2, 0.25) is 0 Å². The summed E-state index contributed by atoms with van der Waals surface area (Å²) in [6.07, 6.45) is 2.47. The number of aliphatic hydroxyl groups excluding tert-OH is 1. The summed E-state index contributed by atoms with van der Waals surface area (Å²) in [5, 5.41) is 8.98. The van der Waals surface area contributed by atoms with Crippen LogP contribution in [0.25, 0.3) is 0 Å². The van der Waals surface area contributed by atoms with Gasteiger partial charge in [0.15, 0.2) is 12.2 Å². The standard InChI is InChI=1S/C12H17N4OS.ClH.Co/c1-8-11(3-4-17)18-7-16(8)6-10-5-14-9(2)15-12(10)13;;/h5,7,17H,3-4,6H2,1-2H3,(H2,13,14,15);1H;/q+1;;/p-1. The molecule has 2 aromatic heterocycles. The molecule has 0 bridgehead atoms. The fourth-order valence-corrected chi connectivity index (χ4v) is 2.75. The van der Waals surface area contributed by atoms with Crippen LogP contribution in [0.1, 0.15) is 22.0 Å². The maximum absolute atomic E-state index is 8.98. The molecule has 0 fully saturated rings. The molecule has 8 heteroatoms. The van der Waals surface area contributed by atoms with Crippen LogP contribution in [0.5, 0.6) is 0 Å². The molecule has 0 saturated heterocycles. The Balaban J connectivity index is 0.00000180. The number of hydrogen-bond donors (Lipinski definition) is 2. The summed E-state index contributed by atoms with van der Waals surface area (Å²) < 4.78 is 2.11. The van der Waals surface area contributed by atoms with Gasteiger partial charge in [-0.05, 0) is 6.92 Å². The first-order chi connectivity index (χ1) is 8.61. The number of nitrogen functional groups attached to an aromatic ring is 1. The van der Waals surface area contributed by atoms with Gasteiger partial charge in [-0.3, -0.25) is 0 Å². The molecule has 1 radical (unpaired) electrons. The van der Waals surface area contributed by atoms with Crippen LogP contribution in [0.4, 0.5) is 5.82 Å². The van der Waals surface area contributed by atoms with E-state index in [1.165, 1.54) is 4.88 Å². The van der Waals surface area contributed by atoms with Gasteiger partial charge in [0.05, 0.1) is 10.4 Å². The Morgan fingerprint density at radius 1 is 1.40 bits per heavy atom. The smallest absolute Gasteiger partial charge is 0.225 e. The summed E-state index contributed by atoms with van der Waals surface area (Å²) in [4.78, 5) is 9.53. The van der Waals surface area contributed by atoms with Crippen molar-refractivity contribution >= 4 is 17.2 Å². The Labute approximate surface area is 138 Å². The Hall–Kier alpha value is -0.734. The summed E-state index contributed by atoms with van der Waals surface area (Å²) in [6.45, 7) is 4.71. The Morgan fingerprint density at radius 2 is 2.10 bits per heavy atom. The fourth-order valence-electron chi connectivity index (χ4n) is 1.77. The van der Waals surface area contributed by atoms with E-state index >= 15 is 0 Å². The fraction of sp³-hybridized carbons (Fsp3) is 0.417. The van der Waals surface area contributed by atoms with Crippen LogP contribution in [0, 0.1) is 13.8 Å². The predicted molar refractivity (Wildman–Crippen MR) is 70.3 cm³/mol. The topological polar surface area (TPSA) is 75.9 Å². The summed E-state index contributed by atoms with van der Waals surface area (Å²) in [5.74, 6) is 1.22. The van der Waals surface area contributed by atoms with E-state index in [1.807, 2.05) is 19.4 Å². The molecular weight excluding hydrogens is 343 g/mol. The molecular formula is C12H17ClCoN4OS. The number of aromatic nitrogens is 3. The van der Waals surface area contributed by atoms with Gasteiger partial charge in [-0.2, -0.15) is 4.57 Å². The zero-order valence-corrected chi connectivity index (χ0v) is 13.9. The first kappa shape index (κ1) is 19.3. The molecule has 2 aromatic rings. The molecule has 0 spiro atoms. The number of nitrogens with zero attached hydrogens (tertiary/aromatic N) is 3. The van der Waals surface area contributed by atoms with Crippen molar-refractivity contribution in [3.8, 4) is 0 Å². The largest absolute Gasteiger partial charge is 1.00 e. The quantitative estimate of drug-likeness (QED) is 0.597. The third-order valence-corrected chi connectivity index (χ3v) is 4.00. The summed E-state index contributed by atoms with van der Waals surface area (Å²) >= 11 is 1.65. The molecule has 20 heavy (non-hydrogen) atoms. The second-order valence-corrected chi connectivity index (χ2v) is 5.10. The van der Waals surface area contributed by atoms with E-state index in [0.29, 0.717) is 24.6 Å². The molecule has 0 saturated carbocycles. The average molecular weight is 360 g/mol. The monoisotopic (exact) mass is 359 g/mol.